The van der Waals surface area contributed by atoms with Crippen LogP contribution in [-0.4, -0.2) is 41.9 Å². The summed E-state index contributed by atoms with van der Waals surface area (Å²) >= 11 is 2.49. The van der Waals surface area contributed by atoms with E-state index >= 15 is 0 Å². The van der Waals surface area contributed by atoms with E-state index in [1.165, 1.54) is 0 Å². The minimum absolute atomic E-state index is 0.120. The predicted octanol–water partition coefficient (Wildman–Crippen LogP) is 1.79. The van der Waals surface area contributed by atoms with E-state index in [0.29, 0.717) is 6.07 Å². The molecular weight excluding hydrogens is 486 g/mol. The number of methoxy groups -OCH3 is 1. The Morgan fingerprint density at radius 2 is 1.15 bits per heavy atom. The van der Waals surface area contributed by atoms with Crippen molar-refractivity contribution >= 4 is 11.1 Å². The third kappa shape index (κ3) is 5.87. The van der Waals surface area contributed by atoms with Crippen LogP contribution in [0.2, 0.25) is 0 Å². The van der Waals surface area contributed by atoms with E-state index in [-0.39, 0.29) is 19.2 Å². The normalized spacial score (nSPS) is 13.2. The Hall–Kier alpha value is -0.765. The zero-order valence-electron chi connectivity index (χ0n) is 12.3. The molecule has 0 radical (unpaired) electrons. The van der Waals surface area contributed by atoms with Crippen molar-refractivity contribution < 1.29 is 80.4 Å². The van der Waals surface area contributed by atoms with Crippen molar-refractivity contribution in [1.29, 1.82) is 0 Å². The van der Waals surface area contributed by atoms with Gasteiger partial charge >= 0.3 is 137 Å². The Bertz CT molecular complexity index is 584. The van der Waals surface area contributed by atoms with Crippen LogP contribution in [0.3, 0.4) is 0 Å². The second kappa shape index (κ2) is 8.50. The second-order valence-electron chi connectivity index (χ2n) is 4.41. The fourth-order valence-corrected chi connectivity index (χ4v) is 2.23. The van der Waals surface area contributed by atoms with Gasteiger partial charge in [0, 0.05) is 0 Å². The van der Waals surface area contributed by atoms with Gasteiger partial charge in [-0.3, -0.25) is 0 Å². The molecule has 4 nitrogen and oxygen atoms in total. The van der Waals surface area contributed by atoms with Gasteiger partial charge in [-0.05, 0) is 0 Å². The van der Waals surface area contributed by atoms with E-state index < -0.39 is 46.4 Å². The summed E-state index contributed by atoms with van der Waals surface area (Å²) in [5.41, 5.74) is -8.27. The third-order valence-corrected chi connectivity index (χ3v) is 3.14. The molecule has 3 N–H and O–H groups in total. The van der Waals surface area contributed by atoms with Gasteiger partial charge in [-0.15, -0.1) is 0 Å². The van der Waals surface area contributed by atoms with E-state index in [2.05, 4.69) is 25.8 Å². The minimum atomic E-state index is -6.02. The van der Waals surface area contributed by atoms with Crippen LogP contribution in [0.15, 0.2) is 18.2 Å². The van der Waals surface area contributed by atoms with Gasteiger partial charge in [-0.25, -0.2) is 0 Å². The van der Waals surface area contributed by atoms with Crippen LogP contribution in [-0.2, 0) is 37.6 Å². The van der Waals surface area contributed by atoms with Crippen LogP contribution in [0.1, 0.15) is 11.1 Å². The van der Waals surface area contributed by atoms with E-state index in [1.54, 1.807) is 0 Å². The molecule has 1 aromatic rings. The number of benzene rings is 1. The Morgan fingerprint density at radius 1 is 0.808 bits per heavy atom. The maximum Gasteiger partial charge on any atom is 0.631 e. The fourth-order valence-electron chi connectivity index (χ4n) is 1.77. The summed E-state index contributed by atoms with van der Waals surface area (Å²) in [6.45, 7) is 0. The number of alkyl halides is 9. The predicted molar refractivity (Wildman–Crippen MR) is 64.3 cm³/mol. The fraction of sp³-hybridized carbons (Fsp3) is 0.455. The Morgan fingerprint density at radius 3 is 1.42 bits per heavy atom. The van der Waals surface area contributed by atoms with Crippen molar-refractivity contribution in [2.24, 2.45) is 0 Å². The Kier molecular flexibility index (Phi) is 8.25. The van der Waals surface area contributed by atoms with Gasteiger partial charge < -0.3 is 15.1 Å². The van der Waals surface area contributed by atoms with Gasteiger partial charge in [0.2, 0.25) is 0 Å². The van der Waals surface area contributed by atoms with E-state index in [1.807, 2.05) is 0 Å². The molecule has 0 amide bonds. The molecule has 0 unspecified atom stereocenters. The summed E-state index contributed by atoms with van der Waals surface area (Å²) in [5, 5.41) is 21.5. The number of hydrogen-bond acceptors (Lipinski definition) is 4. The van der Waals surface area contributed by atoms with Gasteiger partial charge in [-0.2, -0.15) is 0 Å². The average Bonchev–Trinajstić information content (AvgIpc) is 2.33. The third-order valence-electron chi connectivity index (χ3n) is 2.71. The van der Waals surface area contributed by atoms with Crippen LogP contribution in [0, 0.1) is 0 Å². The summed E-state index contributed by atoms with van der Waals surface area (Å²) in [4.78, 5) is 0. The van der Waals surface area contributed by atoms with Crippen molar-refractivity contribution in [3.63, 3.8) is 0 Å². The van der Waals surface area contributed by atoms with Gasteiger partial charge in [0.25, 0.3) is 0 Å². The van der Waals surface area contributed by atoms with Crippen molar-refractivity contribution in [2.45, 2.75) is 24.1 Å². The molecule has 0 heterocycles. The zero-order valence-corrected chi connectivity index (χ0v) is 13.7. The quantitative estimate of drug-likeness (QED) is 0.433. The maximum absolute atomic E-state index is 13.0. The first-order chi connectivity index (χ1) is 11.4. The SMILES string of the molecule is COC(c1c[c]([Ag])cc(C(F)(F)F)c1)(C(F)(F)F)C(F)(F)F.OB(O)O. The topological polar surface area (TPSA) is 69.9 Å². The van der Waals surface area contributed by atoms with Gasteiger partial charge in [-0.1, -0.05) is 0 Å². The molecule has 0 saturated carbocycles. The molecule has 0 aliphatic carbocycles. The van der Waals surface area contributed by atoms with Crippen molar-refractivity contribution in [1.82, 2.24) is 0 Å². The minimum Gasteiger partial charge on any atom is -0.402 e. The van der Waals surface area contributed by atoms with Crippen LogP contribution in [0.4, 0.5) is 39.5 Å². The van der Waals surface area contributed by atoms with Crippen LogP contribution in [0.25, 0.3) is 0 Å². The monoisotopic (exact) mass is 494 g/mol. The second-order valence-corrected chi connectivity index (χ2v) is 5.27. The molecule has 0 atom stereocenters. The summed E-state index contributed by atoms with van der Waals surface area (Å²) < 4.78 is 119. The van der Waals surface area contributed by atoms with Crippen LogP contribution < -0.4 is 3.78 Å². The summed E-state index contributed by atoms with van der Waals surface area (Å²) in [5.74, 6) is 0. The standard InChI is InChI=1S/C11H6F9O.Ag.BH3O3/c1-21-8(10(15,16)17,11(18,19)20)6-3-2-4-7(5-6)9(12,13)14;;2-1(3)4/h3-5H,1H3;;2-4H. The molecule has 0 saturated heterocycles. The molecule has 1 rings (SSSR count). The molecule has 0 aromatic heterocycles. The Labute approximate surface area is 152 Å². The molecule has 0 fully saturated rings. The van der Waals surface area contributed by atoms with Gasteiger partial charge in [0.15, 0.2) is 0 Å². The molecule has 0 spiro atoms. The average molecular weight is 495 g/mol. The molecule has 26 heavy (non-hydrogen) atoms. The van der Waals surface area contributed by atoms with Crippen molar-refractivity contribution in [3.05, 3.63) is 29.3 Å². The van der Waals surface area contributed by atoms with E-state index in [9.17, 15) is 39.5 Å². The first kappa shape index (κ1) is 25.2. The van der Waals surface area contributed by atoms with Gasteiger partial charge in [0.05, 0.1) is 0 Å². The molecule has 15 heteroatoms. The summed E-state index contributed by atoms with van der Waals surface area (Å²) in [7, 11) is -2.05. The molecule has 0 aliphatic heterocycles. The summed E-state index contributed by atoms with van der Waals surface area (Å²) in [6.07, 6.45) is -17.2. The number of rotatable bonds is 2. The maximum atomic E-state index is 13.0. The first-order valence-corrected chi connectivity index (χ1v) is 6.71. The molecule has 0 aliphatic rings. The Balaban J connectivity index is 0.00000141. The van der Waals surface area contributed by atoms with Crippen LogP contribution >= 0.6 is 0 Å². The zero-order chi connectivity index (χ0) is 21.1. The molecule has 154 valence electrons. The number of ether oxygens (including phenoxy) is 1. The van der Waals surface area contributed by atoms with Crippen molar-refractivity contribution in [2.75, 3.05) is 7.11 Å². The first-order valence-electron chi connectivity index (χ1n) is 5.97. The smallest absolute Gasteiger partial charge is 0.402 e. The molecule has 1 aromatic carbocycles. The number of hydrogen-bond donors (Lipinski definition) is 3. The van der Waals surface area contributed by atoms with E-state index in [0.717, 1.165) is 0 Å². The number of halogens is 9. The molecular formula is C11H9AgBF9O4. The van der Waals surface area contributed by atoms with Crippen LogP contribution in [0.5, 0.6) is 0 Å². The van der Waals surface area contributed by atoms with Crippen molar-refractivity contribution in [3.8, 4) is 0 Å². The van der Waals surface area contributed by atoms with Gasteiger partial charge in [0.1, 0.15) is 0 Å². The largest absolute Gasteiger partial charge is 0.631 e. The van der Waals surface area contributed by atoms with E-state index in [4.69, 9.17) is 15.1 Å². The molecule has 0 bridgehead atoms. The summed E-state index contributed by atoms with van der Waals surface area (Å²) in [6, 6.07) is 0.392.